The van der Waals surface area contributed by atoms with Gasteiger partial charge in [0.1, 0.15) is 18.3 Å². The SMILES string of the molecule is CNC(=O)C(Cc1ccccc1)N(Cc1ccccc1Cl)C(=O)CN(c1cccc(OC)c1)S(C)(=O)=O. The molecule has 3 rings (SSSR count). The number of nitrogens with one attached hydrogen (secondary N) is 1. The summed E-state index contributed by atoms with van der Waals surface area (Å²) in [7, 11) is -0.892. The van der Waals surface area contributed by atoms with Gasteiger partial charge in [0.2, 0.25) is 21.8 Å². The summed E-state index contributed by atoms with van der Waals surface area (Å²) in [6.07, 6.45) is 1.26. The van der Waals surface area contributed by atoms with Crippen LogP contribution in [0.2, 0.25) is 5.02 Å². The fourth-order valence-electron chi connectivity index (χ4n) is 3.91. The zero-order chi connectivity index (χ0) is 27.0. The van der Waals surface area contributed by atoms with Gasteiger partial charge in [-0.1, -0.05) is 66.2 Å². The first-order chi connectivity index (χ1) is 17.6. The summed E-state index contributed by atoms with van der Waals surface area (Å²) < 4.78 is 31.8. The van der Waals surface area contributed by atoms with Gasteiger partial charge in [-0.3, -0.25) is 13.9 Å². The number of carbonyl (C=O) groups excluding carboxylic acids is 2. The summed E-state index contributed by atoms with van der Waals surface area (Å²) in [5.41, 5.74) is 1.75. The lowest BCUT2D eigenvalue weighted by atomic mass is 10.0. The Labute approximate surface area is 222 Å². The fourth-order valence-corrected chi connectivity index (χ4v) is 4.95. The van der Waals surface area contributed by atoms with Crippen LogP contribution in [0.25, 0.3) is 0 Å². The zero-order valence-electron chi connectivity index (χ0n) is 20.9. The number of amides is 2. The van der Waals surface area contributed by atoms with Crippen molar-refractivity contribution in [3.8, 4) is 5.75 Å². The maximum Gasteiger partial charge on any atom is 0.244 e. The minimum Gasteiger partial charge on any atom is -0.497 e. The van der Waals surface area contributed by atoms with Crippen molar-refractivity contribution in [2.45, 2.75) is 19.0 Å². The van der Waals surface area contributed by atoms with Crippen molar-refractivity contribution in [2.75, 3.05) is 31.3 Å². The number of hydrogen-bond donors (Lipinski definition) is 1. The van der Waals surface area contributed by atoms with Crippen LogP contribution >= 0.6 is 11.6 Å². The number of likely N-dealkylation sites (N-methyl/N-ethyl adjacent to an activating group) is 1. The van der Waals surface area contributed by atoms with Crippen LogP contribution in [0.15, 0.2) is 78.9 Å². The third-order valence-corrected chi connectivity index (χ3v) is 7.35. The van der Waals surface area contributed by atoms with E-state index in [2.05, 4.69) is 5.32 Å². The summed E-state index contributed by atoms with van der Waals surface area (Å²) in [6, 6.07) is 21.8. The van der Waals surface area contributed by atoms with E-state index in [4.69, 9.17) is 16.3 Å². The van der Waals surface area contributed by atoms with Crippen molar-refractivity contribution in [3.05, 3.63) is 95.0 Å². The first kappa shape index (κ1) is 28.0. The molecular formula is C27H30ClN3O5S. The first-order valence-electron chi connectivity index (χ1n) is 11.5. The molecule has 0 aliphatic heterocycles. The Hall–Kier alpha value is -3.56. The molecule has 0 heterocycles. The number of sulfonamides is 1. The molecule has 196 valence electrons. The number of nitrogens with zero attached hydrogens (tertiary/aromatic N) is 2. The Morgan fingerprint density at radius 3 is 2.30 bits per heavy atom. The highest BCUT2D eigenvalue weighted by Gasteiger charge is 2.33. The van der Waals surface area contributed by atoms with Crippen molar-refractivity contribution in [3.63, 3.8) is 0 Å². The largest absolute Gasteiger partial charge is 0.497 e. The minimum atomic E-state index is -3.86. The fraction of sp³-hybridized carbons (Fsp3) is 0.259. The summed E-state index contributed by atoms with van der Waals surface area (Å²) >= 11 is 6.40. The lowest BCUT2D eigenvalue weighted by molar-refractivity contribution is -0.139. The van der Waals surface area contributed by atoms with E-state index < -0.39 is 28.5 Å². The van der Waals surface area contributed by atoms with Crippen molar-refractivity contribution in [2.24, 2.45) is 0 Å². The number of halogens is 1. The van der Waals surface area contributed by atoms with Crippen molar-refractivity contribution in [1.82, 2.24) is 10.2 Å². The molecule has 3 aromatic carbocycles. The van der Waals surface area contributed by atoms with Gasteiger partial charge in [-0.25, -0.2) is 8.42 Å². The second-order valence-corrected chi connectivity index (χ2v) is 10.7. The Morgan fingerprint density at radius 2 is 1.68 bits per heavy atom. The molecule has 8 nitrogen and oxygen atoms in total. The van der Waals surface area contributed by atoms with Crippen LogP contribution in [-0.2, 0) is 32.6 Å². The normalized spacial score (nSPS) is 11.9. The Balaban J connectivity index is 2.04. The third kappa shape index (κ3) is 7.47. The molecule has 0 radical (unpaired) electrons. The quantitative estimate of drug-likeness (QED) is 0.399. The van der Waals surface area contributed by atoms with E-state index in [0.29, 0.717) is 16.3 Å². The summed E-state index contributed by atoms with van der Waals surface area (Å²) in [5, 5.41) is 3.07. The number of benzene rings is 3. The average Bonchev–Trinajstić information content (AvgIpc) is 2.89. The second kappa shape index (κ2) is 12.6. The molecule has 0 spiro atoms. The van der Waals surface area contributed by atoms with Crippen LogP contribution in [-0.4, -0.2) is 58.1 Å². The van der Waals surface area contributed by atoms with Gasteiger partial charge in [-0.2, -0.15) is 0 Å². The monoisotopic (exact) mass is 543 g/mol. The van der Waals surface area contributed by atoms with Crippen molar-refractivity contribution in [1.29, 1.82) is 0 Å². The van der Waals surface area contributed by atoms with Crippen LogP contribution in [0.4, 0.5) is 5.69 Å². The van der Waals surface area contributed by atoms with Crippen LogP contribution in [0.1, 0.15) is 11.1 Å². The predicted octanol–water partition coefficient (Wildman–Crippen LogP) is 3.50. The number of anilines is 1. The van der Waals surface area contributed by atoms with Gasteiger partial charge in [0.15, 0.2) is 0 Å². The molecule has 0 fully saturated rings. The molecule has 0 aliphatic carbocycles. The maximum absolute atomic E-state index is 13.9. The molecule has 1 N–H and O–H groups in total. The number of methoxy groups -OCH3 is 1. The highest BCUT2D eigenvalue weighted by Crippen LogP contribution is 2.25. The van der Waals surface area contributed by atoms with E-state index in [1.807, 2.05) is 30.3 Å². The molecule has 0 saturated heterocycles. The summed E-state index contributed by atoms with van der Waals surface area (Å²) in [4.78, 5) is 28.3. The van der Waals surface area contributed by atoms with E-state index in [1.165, 1.54) is 25.1 Å². The average molecular weight is 544 g/mol. The molecule has 2 amide bonds. The standard InChI is InChI=1S/C27H30ClN3O5S/c1-29-27(33)25(16-20-10-5-4-6-11-20)30(18-21-12-7-8-15-24(21)28)26(32)19-31(37(3,34)35)22-13-9-14-23(17-22)36-2/h4-15,17,25H,16,18-19H2,1-3H3,(H,29,33). The lowest BCUT2D eigenvalue weighted by Crippen LogP contribution is -2.52. The third-order valence-electron chi connectivity index (χ3n) is 5.84. The van der Waals surface area contributed by atoms with Crippen molar-refractivity contribution >= 4 is 39.1 Å². The molecule has 0 saturated carbocycles. The topological polar surface area (TPSA) is 96.0 Å². The number of rotatable bonds is 11. The Bertz CT molecular complexity index is 1330. The maximum atomic E-state index is 13.9. The summed E-state index contributed by atoms with van der Waals surface area (Å²) in [5.74, 6) is -0.493. The molecule has 3 aromatic rings. The Kier molecular flexibility index (Phi) is 9.54. The molecule has 1 unspecified atom stereocenters. The van der Waals surface area contributed by atoms with E-state index in [-0.39, 0.29) is 24.6 Å². The molecule has 0 aliphatic rings. The lowest BCUT2D eigenvalue weighted by Gasteiger charge is -2.33. The summed E-state index contributed by atoms with van der Waals surface area (Å²) in [6.45, 7) is -0.502. The van der Waals surface area contributed by atoms with Gasteiger partial charge in [-0.15, -0.1) is 0 Å². The van der Waals surface area contributed by atoms with Crippen LogP contribution in [0.5, 0.6) is 5.75 Å². The van der Waals surface area contributed by atoms with Gasteiger partial charge in [0, 0.05) is 31.1 Å². The predicted molar refractivity (Wildman–Crippen MR) is 145 cm³/mol. The van der Waals surface area contributed by atoms with E-state index in [1.54, 1.807) is 42.5 Å². The van der Waals surface area contributed by atoms with Gasteiger partial charge in [0.25, 0.3) is 0 Å². The van der Waals surface area contributed by atoms with Crippen LogP contribution < -0.4 is 14.4 Å². The zero-order valence-corrected chi connectivity index (χ0v) is 22.5. The highest BCUT2D eigenvalue weighted by molar-refractivity contribution is 7.92. The van der Waals surface area contributed by atoms with Crippen LogP contribution in [0.3, 0.4) is 0 Å². The number of carbonyl (C=O) groups is 2. The van der Waals surface area contributed by atoms with Gasteiger partial charge >= 0.3 is 0 Å². The Morgan fingerprint density at radius 1 is 1.00 bits per heavy atom. The van der Waals surface area contributed by atoms with E-state index in [9.17, 15) is 18.0 Å². The number of hydrogen-bond acceptors (Lipinski definition) is 5. The second-order valence-electron chi connectivity index (χ2n) is 8.40. The van der Waals surface area contributed by atoms with Crippen molar-refractivity contribution < 1.29 is 22.7 Å². The molecule has 0 aromatic heterocycles. The van der Waals surface area contributed by atoms with Gasteiger partial charge in [0.05, 0.1) is 19.1 Å². The smallest absolute Gasteiger partial charge is 0.244 e. The van der Waals surface area contributed by atoms with E-state index in [0.717, 1.165) is 16.1 Å². The molecule has 10 heteroatoms. The van der Waals surface area contributed by atoms with Crippen LogP contribution in [0, 0.1) is 0 Å². The minimum absolute atomic E-state index is 0.0130. The van der Waals surface area contributed by atoms with Gasteiger partial charge < -0.3 is 15.0 Å². The molecule has 0 bridgehead atoms. The molecular weight excluding hydrogens is 514 g/mol. The van der Waals surface area contributed by atoms with Gasteiger partial charge in [-0.05, 0) is 29.3 Å². The number of ether oxygens (including phenoxy) is 1. The first-order valence-corrected chi connectivity index (χ1v) is 13.8. The molecule has 37 heavy (non-hydrogen) atoms. The van der Waals surface area contributed by atoms with E-state index >= 15 is 0 Å². The molecule has 1 atom stereocenters. The highest BCUT2D eigenvalue weighted by atomic mass is 35.5.